The van der Waals surface area contributed by atoms with Gasteiger partial charge in [0.25, 0.3) is 0 Å². The summed E-state index contributed by atoms with van der Waals surface area (Å²) in [6.45, 7) is 4.84. The highest BCUT2D eigenvalue weighted by molar-refractivity contribution is 5.48. The molecule has 0 unspecified atom stereocenters. The summed E-state index contributed by atoms with van der Waals surface area (Å²) in [4.78, 5) is 10.9. The van der Waals surface area contributed by atoms with Crippen LogP contribution in [0.2, 0.25) is 0 Å². The minimum absolute atomic E-state index is 0.524. The van der Waals surface area contributed by atoms with E-state index < -0.39 is 0 Å². The van der Waals surface area contributed by atoms with E-state index in [1.807, 2.05) is 36.0 Å². The minimum atomic E-state index is 0.524. The molecule has 2 aliphatic rings. The van der Waals surface area contributed by atoms with Crippen LogP contribution in [0.15, 0.2) is 24.5 Å². The molecule has 1 saturated heterocycles. The smallest absolute Gasteiger partial charge is 0.222 e. The highest BCUT2D eigenvalue weighted by atomic mass is 15.4. The molecule has 1 N–H and O–H groups in total. The van der Waals surface area contributed by atoms with Gasteiger partial charge in [0.05, 0.1) is 0 Å². The Morgan fingerprint density at radius 3 is 2.65 bits per heavy atom. The molecule has 2 fully saturated rings. The summed E-state index contributed by atoms with van der Waals surface area (Å²) in [5.41, 5.74) is 1.91. The zero-order chi connectivity index (χ0) is 17.5. The van der Waals surface area contributed by atoms with E-state index in [0.29, 0.717) is 17.8 Å². The zero-order valence-electron chi connectivity index (χ0n) is 14.8. The standard InChI is InChI=1S/C18H22N8/c1-12-7-19-18(20-8-12)21-9-13-10-25(11-13)16-6-5-15-22-23-17(26(15)24-16)14-3-2-4-14/h5-8,13-14H,2-4,9-11H2,1H3,(H,19,20,21). The molecule has 1 aliphatic carbocycles. The molecule has 1 saturated carbocycles. The van der Waals surface area contributed by atoms with Gasteiger partial charge < -0.3 is 10.2 Å². The summed E-state index contributed by atoms with van der Waals surface area (Å²) in [5, 5.41) is 16.7. The van der Waals surface area contributed by atoms with Crippen LogP contribution in [0.25, 0.3) is 5.65 Å². The highest BCUT2D eigenvalue weighted by Crippen LogP contribution is 2.35. The minimum Gasteiger partial charge on any atom is -0.354 e. The molecule has 5 rings (SSSR count). The number of hydrogen-bond donors (Lipinski definition) is 1. The lowest BCUT2D eigenvalue weighted by Crippen LogP contribution is -2.50. The molecule has 0 bridgehead atoms. The van der Waals surface area contributed by atoms with Crippen LogP contribution >= 0.6 is 0 Å². The second-order valence-electron chi connectivity index (χ2n) is 7.38. The first kappa shape index (κ1) is 15.5. The van der Waals surface area contributed by atoms with Gasteiger partial charge in [-0.25, -0.2) is 9.97 Å². The lowest BCUT2D eigenvalue weighted by atomic mass is 9.85. The predicted molar refractivity (Wildman–Crippen MR) is 98.3 cm³/mol. The number of nitrogens with zero attached hydrogens (tertiary/aromatic N) is 7. The van der Waals surface area contributed by atoms with Crippen LogP contribution in [0, 0.1) is 12.8 Å². The summed E-state index contributed by atoms with van der Waals surface area (Å²) in [5.74, 6) is 3.81. The molecule has 0 amide bonds. The van der Waals surface area contributed by atoms with Gasteiger partial charge in [-0.05, 0) is 37.5 Å². The average Bonchev–Trinajstić information content (AvgIpc) is 2.97. The summed E-state index contributed by atoms with van der Waals surface area (Å²) < 4.78 is 1.94. The Balaban J connectivity index is 1.22. The lowest BCUT2D eigenvalue weighted by Gasteiger charge is -2.40. The van der Waals surface area contributed by atoms with Crippen molar-refractivity contribution in [1.29, 1.82) is 0 Å². The fraction of sp³-hybridized carbons (Fsp3) is 0.500. The van der Waals surface area contributed by atoms with Gasteiger partial charge in [-0.15, -0.1) is 15.3 Å². The van der Waals surface area contributed by atoms with E-state index >= 15 is 0 Å². The summed E-state index contributed by atoms with van der Waals surface area (Å²) in [6, 6.07) is 4.06. The first-order valence-corrected chi connectivity index (χ1v) is 9.26. The van der Waals surface area contributed by atoms with E-state index in [-0.39, 0.29) is 0 Å². The van der Waals surface area contributed by atoms with Crippen molar-refractivity contribution < 1.29 is 0 Å². The maximum Gasteiger partial charge on any atom is 0.222 e. The van der Waals surface area contributed by atoms with Crippen LogP contribution in [0.5, 0.6) is 0 Å². The van der Waals surface area contributed by atoms with E-state index in [1.54, 1.807) is 0 Å². The van der Waals surface area contributed by atoms with Crippen molar-refractivity contribution in [1.82, 2.24) is 29.8 Å². The van der Waals surface area contributed by atoms with Crippen molar-refractivity contribution in [3.63, 3.8) is 0 Å². The molecule has 0 radical (unpaired) electrons. The van der Waals surface area contributed by atoms with Crippen molar-refractivity contribution >= 4 is 17.4 Å². The lowest BCUT2D eigenvalue weighted by molar-refractivity contribution is 0.393. The van der Waals surface area contributed by atoms with Crippen molar-refractivity contribution in [2.24, 2.45) is 5.92 Å². The summed E-state index contributed by atoms with van der Waals surface area (Å²) in [6.07, 6.45) is 7.35. The van der Waals surface area contributed by atoms with Gasteiger partial charge >= 0.3 is 0 Å². The molecule has 0 atom stereocenters. The van der Waals surface area contributed by atoms with E-state index in [4.69, 9.17) is 5.10 Å². The topological polar surface area (TPSA) is 84.1 Å². The third-order valence-corrected chi connectivity index (χ3v) is 5.35. The van der Waals surface area contributed by atoms with Crippen LogP contribution < -0.4 is 10.2 Å². The van der Waals surface area contributed by atoms with Crippen molar-refractivity contribution in [2.75, 3.05) is 29.9 Å². The number of hydrogen-bond acceptors (Lipinski definition) is 7. The Labute approximate surface area is 151 Å². The normalized spacial score (nSPS) is 18.0. The predicted octanol–water partition coefficient (Wildman–Crippen LogP) is 2.04. The van der Waals surface area contributed by atoms with Gasteiger partial charge in [-0.2, -0.15) is 4.52 Å². The van der Waals surface area contributed by atoms with E-state index in [1.165, 1.54) is 19.3 Å². The van der Waals surface area contributed by atoms with Crippen LogP contribution in [0.3, 0.4) is 0 Å². The molecule has 3 aromatic heterocycles. The Kier molecular flexibility index (Phi) is 3.69. The molecule has 134 valence electrons. The molecule has 0 spiro atoms. The van der Waals surface area contributed by atoms with E-state index in [0.717, 1.165) is 42.5 Å². The molecule has 8 nitrogen and oxygen atoms in total. The van der Waals surface area contributed by atoms with Crippen LogP contribution in [0.1, 0.15) is 36.6 Å². The quantitative estimate of drug-likeness (QED) is 0.754. The average molecular weight is 350 g/mol. The fourth-order valence-electron chi connectivity index (χ4n) is 3.49. The van der Waals surface area contributed by atoms with Crippen LogP contribution in [-0.4, -0.2) is 49.4 Å². The van der Waals surface area contributed by atoms with Crippen molar-refractivity contribution in [2.45, 2.75) is 32.1 Å². The molecule has 26 heavy (non-hydrogen) atoms. The van der Waals surface area contributed by atoms with Crippen molar-refractivity contribution in [3.05, 3.63) is 35.9 Å². The number of aryl methyl sites for hydroxylation is 1. The largest absolute Gasteiger partial charge is 0.354 e. The number of rotatable bonds is 5. The Bertz CT molecular complexity index is 909. The van der Waals surface area contributed by atoms with Gasteiger partial charge in [0, 0.05) is 43.9 Å². The summed E-state index contributed by atoms with van der Waals surface area (Å²) >= 11 is 0. The molecular weight excluding hydrogens is 328 g/mol. The maximum absolute atomic E-state index is 4.80. The first-order valence-electron chi connectivity index (χ1n) is 9.26. The molecule has 1 aliphatic heterocycles. The SMILES string of the molecule is Cc1cnc(NCC2CN(c3ccc4nnc(C5CCC5)n4n3)C2)nc1. The Morgan fingerprint density at radius 1 is 1.12 bits per heavy atom. The van der Waals surface area contributed by atoms with Crippen LogP contribution in [-0.2, 0) is 0 Å². The van der Waals surface area contributed by atoms with E-state index in [2.05, 4.69) is 30.4 Å². The zero-order valence-corrected chi connectivity index (χ0v) is 14.8. The maximum atomic E-state index is 4.80. The third-order valence-electron chi connectivity index (χ3n) is 5.35. The molecule has 8 heteroatoms. The molecule has 3 aromatic rings. The highest BCUT2D eigenvalue weighted by Gasteiger charge is 2.29. The number of anilines is 2. The van der Waals surface area contributed by atoms with Gasteiger partial charge in [0.1, 0.15) is 5.82 Å². The number of nitrogens with one attached hydrogen (secondary N) is 1. The molecule has 0 aromatic carbocycles. The number of fused-ring (bicyclic) bond motifs is 1. The van der Waals surface area contributed by atoms with Crippen molar-refractivity contribution in [3.8, 4) is 0 Å². The molecule has 4 heterocycles. The summed E-state index contributed by atoms with van der Waals surface area (Å²) in [7, 11) is 0. The number of aromatic nitrogens is 6. The molecular formula is C18H22N8. The van der Waals surface area contributed by atoms with Gasteiger partial charge in [-0.3, -0.25) is 0 Å². The second-order valence-corrected chi connectivity index (χ2v) is 7.38. The Morgan fingerprint density at radius 2 is 1.92 bits per heavy atom. The fourth-order valence-corrected chi connectivity index (χ4v) is 3.49. The first-order chi connectivity index (χ1) is 12.8. The van der Waals surface area contributed by atoms with E-state index in [9.17, 15) is 0 Å². The van der Waals surface area contributed by atoms with Gasteiger partial charge in [0.2, 0.25) is 5.95 Å². The van der Waals surface area contributed by atoms with Gasteiger partial charge in [0.15, 0.2) is 11.5 Å². The Hall–Kier alpha value is -2.77. The van der Waals surface area contributed by atoms with Gasteiger partial charge in [-0.1, -0.05) is 6.42 Å². The third kappa shape index (κ3) is 2.75. The second kappa shape index (κ2) is 6.19. The monoisotopic (exact) mass is 350 g/mol. The van der Waals surface area contributed by atoms with Crippen LogP contribution in [0.4, 0.5) is 11.8 Å².